The normalized spacial score (nSPS) is 17.2. The first kappa shape index (κ1) is 14.7. The van der Waals surface area contributed by atoms with Crippen molar-refractivity contribution in [3.8, 4) is 0 Å². The van der Waals surface area contributed by atoms with Gasteiger partial charge in [0.1, 0.15) is 11.6 Å². The Kier molecular flexibility index (Phi) is 4.66. The average molecular weight is 307 g/mol. The minimum atomic E-state index is -0.473. The van der Waals surface area contributed by atoms with Gasteiger partial charge in [-0.3, -0.25) is 0 Å². The molecule has 1 atom stereocenters. The van der Waals surface area contributed by atoms with E-state index in [1.165, 1.54) is 48.8 Å². The number of nitrogens with one attached hydrogen (secondary N) is 1. The van der Waals surface area contributed by atoms with Crippen molar-refractivity contribution in [3.63, 3.8) is 0 Å². The van der Waals surface area contributed by atoms with E-state index in [0.29, 0.717) is 5.92 Å². The fourth-order valence-corrected chi connectivity index (χ4v) is 4.07. The van der Waals surface area contributed by atoms with Crippen molar-refractivity contribution in [1.82, 2.24) is 5.32 Å². The Bertz CT molecular complexity index is 556. The molecule has 0 saturated heterocycles. The van der Waals surface area contributed by atoms with E-state index in [1.807, 2.05) is 6.07 Å². The Morgan fingerprint density at radius 1 is 1.10 bits per heavy atom. The molecule has 0 aliphatic heterocycles. The number of hydrogen-bond acceptors (Lipinski definition) is 2. The smallest absolute Gasteiger partial charge is 0.130 e. The van der Waals surface area contributed by atoms with Crippen LogP contribution in [0, 0.1) is 17.6 Å². The van der Waals surface area contributed by atoms with Gasteiger partial charge in [0.2, 0.25) is 0 Å². The second-order valence-electron chi connectivity index (χ2n) is 5.62. The molecule has 1 aliphatic rings. The first-order valence-electron chi connectivity index (χ1n) is 7.45. The monoisotopic (exact) mass is 307 g/mol. The lowest BCUT2D eigenvalue weighted by Crippen LogP contribution is -2.27. The number of thiophene rings is 1. The van der Waals surface area contributed by atoms with E-state index >= 15 is 0 Å². The van der Waals surface area contributed by atoms with Crippen LogP contribution in [0.1, 0.15) is 42.2 Å². The van der Waals surface area contributed by atoms with E-state index < -0.39 is 11.6 Å². The summed E-state index contributed by atoms with van der Waals surface area (Å²) in [6, 6.07) is 8.38. The average Bonchev–Trinajstić information content (AvgIpc) is 3.15. The minimum absolute atomic E-state index is 0.136. The zero-order valence-electron chi connectivity index (χ0n) is 11.8. The summed E-state index contributed by atoms with van der Waals surface area (Å²) in [6.07, 6.45) is 4.88. The van der Waals surface area contributed by atoms with Gasteiger partial charge < -0.3 is 5.32 Å². The molecule has 0 radical (unpaired) electrons. The fourth-order valence-electron chi connectivity index (χ4n) is 3.17. The van der Waals surface area contributed by atoms with Gasteiger partial charge >= 0.3 is 0 Å². The molecular weight excluding hydrogens is 288 g/mol. The second kappa shape index (κ2) is 6.67. The van der Waals surface area contributed by atoms with Crippen molar-refractivity contribution in [3.05, 3.63) is 57.8 Å². The molecule has 1 unspecified atom stereocenters. The molecule has 0 spiro atoms. The van der Waals surface area contributed by atoms with Crippen LogP contribution in [0.3, 0.4) is 0 Å². The molecule has 4 heteroatoms. The third-order valence-corrected chi connectivity index (χ3v) is 5.24. The maximum absolute atomic E-state index is 13.7. The standard InChI is InChI=1S/C17H19F2NS/c18-14-7-3-8-15(19)13(14)11-20-17(12-5-1-2-6-12)16-9-4-10-21-16/h3-4,7-10,12,17,20H,1-2,5-6,11H2. The van der Waals surface area contributed by atoms with Crippen molar-refractivity contribution in [2.45, 2.75) is 38.3 Å². The number of rotatable bonds is 5. The lowest BCUT2D eigenvalue weighted by molar-refractivity contribution is 0.365. The van der Waals surface area contributed by atoms with Gasteiger partial charge in [-0.15, -0.1) is 11.3 Å². The van der Waals surface area contributed by atoms with Crippen LogP contribution in [-0.4, -0.2) is 0 Å². The van der Waals surface area contributed by atoms with Crippen molar-refractivity contribution < 1.29 is 8.78 Å². The molecule has 1 nitrogen and oxygen atoms in total. The molecule has 1 N–H and O–H groups in total. The summed E-state index contributed by atoms with van der Waals surface area (Å²) < 4.78 is 27.5. The molecule has 112 valence electrons. The Morgan fingerprint density at radius 2 is 1.81 bits per heavy atom. The zero-order chi connectivity index (χ0) is 14.7. The van der Waals surface area contributed by atoms with E-state index in [9.17, 15) is 8.78 Å². The van der Waals surface area contributed by atoms with Crippen LogP contribution < -0.4 is 5.32 Å². The summed E-state index contributed by atoms with van der Waals surface area (Å²) in [6.45, 7) is 0.234. The number of benzene rings is 1. The SMILES string of the molecule is Fc1cccc(F)c1CNC(c1cccs1)C1CCCC1. The van der Waals surface area contributed by atoms with Crippen LogP contribution in [0.25, 0.3) is 0 Å². The van der Waals surface area contributed by atoms with Crippen molar-refractivity contribution >= 4 is 11.3 Å². The predicted molar refractivity (Wildman–Crippen MR) is 82.2 cm³/mol. The Morgan fingerprint density at radius 3 is 2.43 bits per heavy atom. The van der Waals surface area contributed by atoms with E-state index in [0.717, 1.165) is 0 Å². The molecule has 1 heterocycles. The number of hydrogen-bond donors (Lipinski definition) is 1. The van der Waals surface area contributed by atoms with E-state index in [2.05, 4.69) is 16.8 Å². The Balaban J connectivity index is 1.76. The number of halogens is 2. The van der Waals surface area contributed by atoms with Crippen molar-refractivity contribution in [1.29, 1.82) is 0 Å². The molecule has 0 bridgehead atoms. The molecule has 2 aromatic rings. The van der Waals surface area contributed by atoms with Crippen LogP contribution in [-0.2, 0) is 6.54 Å². The van der Waals surface area contributed by atoms with Crippen LogP contribution in [0.4, 0.5) is 8.78 Å². The maximum Gasteiger partial charge on any atom is 0.130 e. The van der Waals surface area contributed by atoms with E-state index in [-0.39, 0.29) is 18.2 Å². The van der Waals surface area contributed by atoms with Gasteiger partial charge in [0, 0.05) is 23.0 Å². The van der Waals surface area contributed by atoms with E-state index in [4.69, 9.17) is 0 Å². The zero-order valence-corrected chi connectivity index (χ0v) is 12.6. The lowest BCUT2D eigenvalue weighted by atomic mass is 9.96. The van der Waals surface area contributed by atoms with Crippen LogP contribution >= 0.6 is 11.3 Å². The maximum atomic E-state index is 13.7. The quantitative estimate of drug-likeness (QED) is 0.815. The molecule has 1 aliphatic carbocycles. The topological polar surface area (TPSA) is 12.0 Å². The van der Waals surface area contributed by atoms with Crippen LogP contribution in [0.5, 0.6) is 0 Å². The highest BCUT2D eigenvalue weighted by Gasteiger charge is 2.27. The van der Waals surface area contributed by atoms with Gasteiger partial charge in [0.25, 0.3) is 0 Å². The molecule has 21 heavy (non-hydrogen) atoms. The summed E-state index contributed by atoms with van der Waals surface area (Å²) in [7, 11) is 0. The van der Waals surface area contributed by atoms with E-state index in [1.54, 1.807) is 11.3 Å². The highest BCUT2D eigenvalue weighted by molar-refractivity contribution is 7.10. The summed E-state index contributed by atoms with van der Waals surface area (Å²) >= 11 is 1.71. The highest BCUT2D eigenvalue weighted by Crippen LogP contribution is 2.37. The molecule has 0 amide bonds. The van der Waals surface area contributed by atoms with Gasteiger partial charge in [-0.1, -0.05) is 25.0 Å². The van der Waals surface area contributed by atoms with Gasteiger partial charge in [-0.25, -0.2) is 8.78 Å². The van der Waals surface area contributed by atoms with Crippen molar-refractivity contribution in [2.75, 3.05) is 0 Å². The predicted octanol–water partition coefficient (Wildman–Crippen LogP) is 5.05. The Hall–Kier alpha value is -1.26. The van der Waals surface area contributed by atoms with Crippen LogP contribution in [0.2, 0.25) is 0 Å². The first-order chi connectivity index (χ1) is 10.3. The Labute approximate surface area is 128 Å². The third-order valence-electron chi connectivity index (χ3n) is 4.28. The summed E-state index contributed by atoms with van der Waals surface area (Å²) in [5, 5.41) is 5.45. The largest absolute Gasteiger partial charge is 0.305 e. The molecule has 1 fully saturated rings. The van der Waals surface area contributed by atoms with Gasteiger partial charge in [0.05, 0.1) is 0 Å². The van der Waals surface area contributed by atoms with Gasteiger partial charge in [-0.05, 0) is 42.3 Å². The molecular formula is C17H19F2NS. The minimum Gasteiger partial charge on any atom is -0.305 e. The molecule has 3 rings (SSSR count). The summed E-state index contributed by atoms with van der Waals surface area (Å²) in [5.74, 6) is -0.379. The highest BCUT2D eigenvalue weighted by atomic mass is 32.1. The van der Waals surface area contributed by atoms with Crippen LogP contribution in [0.15, 0.2) is 35.7 Å². The molecule has 1 aromatic heterocycles. The summed E-state index contributed by atoms with van der Waals surface area (Å²) in [5.41, 5.74) is 0.136. The summed E-state index contributed by atoms with van der Waals surface area (Å²) in [4.78, 5) is 1.26. The molecule has 1 aromatic carbocycles. The lowest BCUT2D eigenvalue weighted by Gasteiger charge is -2.24. The molecule has 1 saturated carbocycles. The third kappa shape index (κ3) is 3.33. The first-order valence-corrected chi connectivity index (χ1v) is 8.33. The van der Waals surface area contributed by atoms with Gasteiger partial charge in [-0.2, -0.15) is 0 Å². The fraction of sp³-hybridized carbons (Fsp3) is 0.412. The van der Waals surface area contributed by atoms with Crippen molar-refractivity contribution in [2.24, 2.45) is 5.92 Å². The van der Waals surface area contributed by atoms with Gasteiger partial charge in [0.15, 0.2) is 0 Å². The second-order valence-corrected chi connectivity index (χ2v) is 6.60.